The van der Waals surface area contributed by atoms with Gasteiger partial charge < -0.3 is 4.74 Å². The molecule has 5 heteroatoms. The zero-order valence-corrected chi connectivity index (χ0v) is 10.7. The van der Waals surface area contributed by atoms with Crippen LogP contribution in [-0.2, 0) is 4.74 Å². The van der Waals surface area contributed by atoms with Gasteiger partial charge in [0.25, 0.3) is 0 Å². The summed E-state index contributed by atoms with van der Waals surface area (Å²) in [7, 11) is 1.32. The minimum absolute atomic E-state index is 0.107. The number of aromatic nitrogens is 2. The molecule has 0 spiro atoms. The highest BCUT2D eigenvalue weighted by Gasteiger charge is 2.13. The SMILES string of the molecule is COC(=O)c1nc(C)cc(-c2sccc2C)n1. The average molecular weight is 248 g/mol. The van der Waals surface area contributed by atoms with Crippen molar-refractivity contribution in [1.82, 2.24) is 9.97 Å². The van der Waals surface area contributed by atoms with Gasteiger partial charge >= 0.3 is 5.97 Å². The summed E-state index contributed by atoms with van der Waals surface area (Å²) in [4.78, 5) is 20.8. The van der Waals surface area contributed by atoms with Gasteiger partial charge in [-0.2, -0.15) is 0 Å². The van der Waals surface area contributed by atoms with E-state index < -0.39 is 5.97 Å². The van der Waals surface area contributed by atoms with Crippen LogP contribution in [0.15, 0.2) is 17.5 Å². The summed E-state index contributed by atoms with van der Waals surface area (Å²) in [5.41, 5.74) is 2.66. The number of nitrogens with zero attached hydrogens (tertiary/aromatic N) is 2. The number of carbonyl (C=O) groups excluding carboxylic acids is 1. The highest BCUT2D eigenvalue weighted by molar-refractivity contribution is 7.13. The highest BCUT2D eigenvalue weighted by atomic mass is 32.1. The number of hydrogen-bond donors (Lipinski definition) is 0. The monoisotopic (exact) mass is 248 g/mol. The zero-order valence-electron chi connectivity index (χ0n) is 9.85. The van der Waals surface area contributed by atoms with Crippen molar-refractivity contribution >= 4 is 17.3 Å². The molecule has 0 aliphatic heterocycles. The molecule has 0 aromatic carbocycles. The minimum atomic E-state index is -0.510. The van der Waals surface area contributed by atoms with Crippen LogP contribution in [0.3, 0.4) is 0 Å². The zero-order chi connectivity index (χ0) is 12.4. The van der Waals surface area contributed by atoms with Crippen molar-refractivity contribution in [2.24, 2.45) is 0 Å². The first-order valence-electron chi connectivity index (χ1n) is 5.10. The molecule has 4 nitrogen and oxygen atoms in total. The Kier molecular flexibility index (Phi) is 3.19. The van der Waals surface area contributed by atoms with Crippen LogP contribution in [0.5, 0.6) is 0 Å². The van der Waals surface area contributed by atoms with Gasteiger partial charge in [0, 0.05) is 5.69 Å². The van der Waals surface area contributed by atoms with Gasteiger partial charge in [-0.3, -0.25) is 0 Å². The van der Waals surface area contributed by atoms with Gasteiger partial charge in [0.2, 0.25) is 5.82 Å². The molecule has 0 fully saturated rings. The van der Waals surface area contributed by atoms with Gasteiger partial charge in [-0.15, -0.1) is 11.3 Å². The third kappa shape index (κ3) is 2.34. The van der Waals surface area contributed by atoms with E-state index in [9.17, 15) is 4.79 Å². The molecule has 0 unspecified atom stereocenters. The van der Waals surface area contributed by atoms with Gasteiger partial charge in [-0.05, 0) is 36.9 Å². The number of rotatable bonds is 2. The number of thiophene rings is 1. The van der Waals surface area contributed by atoms with Crippen LogP contribution in [0, 0.1) is 13.8 Å². The number of methoxy groups -OCH3 is 1. The summed E-state index contributed by atoms with van der Waals surface area (Å²) in [6.45, 7) is 3.85. The predicted molar refractivity (Wildman–Crippen MR) is 66.2 cm³/mol. The number of carbonyl (C=O) groups is 1. The molecule has 2 heterocycles. The van der Waals surface area contributed by atoms with Crippen molar-refractivity contribution in [2.75, 3.05) is 7.11 Å². The van der Waals surface area contributed by atoms with Gasteiger partial charge in [0.1, 0.15) is 0 Å². The van der Waals surface area contributed by atoms with Crippen LogP contribution < -0.4 is 0 Å². The van der Waals surface area contributed by atoms with Crippen LogP contribution in [0.2, 0.25) is 0 Å². The van der Waals surface area contributed by atoms with Crippen LogP contribution in [0.1, 0.15) is 21.9 Å². The van der Waals surface area contributed by atoms with Crippen molar-refractivity contribution in [3.05, 3.63) is 34.6 Å². The fraction of sp³-hybridized carbons (Fsp3) is 0.250. The van der Waals surface area contributed by atoms with E-state index in [1.54, 1.807) is 11.3 Å². The predicted octanol–water partition coefficient (Wildman–Crippen LogP) is 2.61. The van der Waals surface area contributed by atoms with E-state index in [4.69, 9.17) is 0 Å². The lowest BCUT2D eigenvalue weighted by Crippen LogP contribution is -2.09. The fourth-order valence-corrected chi connectivity index (χ4v) is 2.39. The maximum atomic E-state index is 11.4. The second kappa shape index (κ2) is 4.63. The quantitative estimate of drug-likeness (QED) is 0.766. The summed E-state index contributed by atoms with van der Waals surface area (Å²) in [5, 5.41) is 2.00. The van der Waals surface area contributed by atoms with Crippen LogP contribution in [0.25, 0.3) is 10.6 Å². The van der Waals surface area contributed by atoms with Crippen molar-refractivity contribution in [3.63, 3.8) is 0 Å². The molecular weight excluding hydrogens is 236 g/mol. The van der Waals surface area contributed by atoms with E-state index in [-0.39, 0.29) is 5.82 Å². The van der Waals surface area contributed by atoms with Crippen LogP contribution >= 0.6 is 11.3 Å². The molecule has 0 bridgehead atoms. The van der Waals surface area contributed by atoms with Crippen molar-refractivity contribution < 1.29 is 9.53 Å². The standard InChI is InChI=1S/C12H12N2O2S/c1-7-4-5-17-10(7)9-6-8(2)13-11(14-9)12(15)16-3/h4-6H,1-3H3. The Labute approximate surface area is 103 Å². The van der Waals surface area contributed by atoms with E-state index >= 15 is 0 Å². The van der Waals surface area contributed by atoms with E-state index in [1.807, 2.05) is 31.4 Å². The molecule has 0 amide bonds. The molecule has 0 saturated heterocycles. The lowest BCUT2D eigenvalue weighted by atomic mass is 10.2. The molecule has 2 rings (SSSR count). The summed E-state index contributed by atoms with van der Waals surface area (Å²) in [5.74, 6) is -0.403. The number of esters is 1. The van der Waals surface area contributed by atoms with Gasteiger partial charge in [-0.25, -0.2) is 14.8 Å². The molecule has 0 aliphatic carbocycles. The lowest BCUT2D eigenvalue weighted by Gasteiger charge is -2.04. The highest BCUT2D eigenvalue weighted by Crippen LogP contribution is 2.27. The lowest BCUT2D eigenvalue weighted by molar-refractivity contribution is 0.0586. The Balaban J connectivity index is 2.53. The Morgan fingerprint density at radius 3 is 2.71 bits per heavy atom. The van der Waals surface area contributed by atoms with E-state index in [2.05, 4.69) is 14.7 Å². The first kappa shape index (κ1) is 11.7. The van der Waals surface area contributed by atoms with E-state index in [1.165, 1.54) is 7.11 Å². The van der Waals surface area contributed by atoms with Crippen molar-refractivity contribution in [3.8, 4) is 10.6 Å². The average Bonchev–Trinajstić information content (AvgIpc) is 2.73. The topological polar surface area (TPSA) is 52.1 Å². The molecular formula is C12H12N2O2S. The Morgan fingerprint density at radius 2 is 2.12 bits per heavy atom. The van der Waals surface area contributed by atoms with Gasteiger partial charge in [0.15, 0.2) is 0 Å². The number of ether oxygens (including phenoxy) is 1. The third-order valence-corrected chi connectivity index (χ3v) is 3.36. The molecule has 0 atom stereocenters. The second-order valence-electron chi connectivity index (χ2n) is 3.64. The molecule has 0 saturated carbocycles. The summed E-state index contributed by atoms with van der Waals surface area (Å²) in [6, 6.07) is 3.89. The van der Waals surface area contributed by atoms with Crippen molar-refractivity contribution in [1.29, 1.82) is 0 Å². The Morgan fingerprint density at radius 1 is 1.35 bits per heavy atom. The Hall–Kier alpha value is -1.75. The summed E-state index contributed by atoms with van der Waals surface area (Å²) < 4.78 is 4.63. The normalized spacial score (nSPS) is 10.3. The number of aryl methyl sites for hydroxylation is 2. The molecule has 0 aliphatic rings. The summed E-state index contributed by atoms with van der Waals surface area (Å²) in [6.07, 6.45) is 0. The third-order valence-electron chi connectivity index (χ3n) is 2.32. The second-order valence-corrected chi connectivity index (χ2v) is 4.56. The van der Waals surface area contributed by atoms with Gasteiger partial charge in [0.05, 0.1) is 17.7 Å². The van der Waals surface area contributed by atoms with Gasteiger partial charge in [-0.1, -0.05) is 0 Å². The first-order valence-corrected chi connectivity index (χ1v) is 5.98. The van der Waals surface area contributed by atoms with Crippen LogP contribution in [-0.4, -0.2) is 23.0 Å². The molecule has 2 aromatic heterocycles. The maximum Gasteiger partial charge on any atom is 0.376 e. The largest absolute Gasteiger partial charge is 0.463 e. The molecule has 0 radical (unpaired) electrons. The molecule has 17 heavy (non-hydrogen) atoms. The molecule has 88 valence electrons. The van der Waals surface area contributed by atoms with E-state index in [0.717, 1.165) is 21.8 Å². The molecule has 2 aromatic rings. The van der Waals surface area contributed by atoms with Crippen molar-refractivity contribution in [2.45, 2.75) is 13.8 Å². The Bertz CT molecular complexity index is 563. The minimum Gasteiger partial charge on any atom is -0.463 e. The maximum absolute atomic E-state index is 11.4. The smallest absolute Gasteiger partial charge is 0.376 e. The van der Waals surface area contributed by atoms with E-state index in [0.29, 0.717) is 0 Å². The first-order chi connectivity index (χ1) is 8.11. The summed E-state index contributed by atoms with van der Waals surface area (Å²) >= 11 is 1.60. The fourth-order valence-electron chi connectivity index (χ4n) is 1.50. The molecule has 0 N–H and O–H groups in total. The number of hydrogen-bond acceptors (Lipinski definition) is 5. The van der Waals surface area contributed by atoms with Crippen LogP contribution in [0.4, 0.5) is 0 Å².